The number of rotatable bonds is 8. The van der Waals surface area contributed by atoms with Crippen LogP contribution < -0.4 is 10.9 Å². The minimum Gasteiger partial charge on any atom is -0.478 e. The monoisotopic (exact) mass is 466 g/mol. The van der Waals surface area contributed by atoms with Gasteiger partial charge in [-0.05, 0) is 74.4 Å². The third-order valence-corrected chi connectivity index (χ3v) is 5.32. The van der Waals surface area contributed by atoms with Crippen LogP contribution in [-0.4, -0.2) is 38.5 Å². The number of carbonyl (C=O) groups is 2. The predicted octanol–water partition coefficient (Wildman–Crippen LogP) is 3.72. The summed E-state index contributed by atoms with van der Waals surface area (Å²) in [6.45, 7) is 5.83. The van der Waals surface area contributed by atoms with Crippen molar-refractivity contribution >= 4 is 22.8 Å². The summed E-state index contributed by atoms with van der Waals surface area (Å²) in [5.41, 5.74) is 1.18. The van der Waals surface area contributed by atoms with Gasteiger partial charge in [-0.1, -0.05) is 24.3 Å². The minimum atomic E-state index is -1.05. The van der Waals surface area contributed by atoms with Crippen LogP contribution in [0.2, 0.25) is 0 Å². The van der Waals surface area contributed by atoms with Crippen molar-refractivity contribution in [1.82, 2.24) is 9.88 Å². The molecule has 1 aromatic heterocycles. The van der Waals surface area contributed by atoms with Gasteiger partial charge in [-0.15, -0.1) is 0 Å². The maximum absolute atomic E-state index is 12.8. The van der Waals surface area contributed by atoms with E-state index in [0.29, 0.717) is 30.2 Å². The van der Waals surface area contributed by atoms with Crippen molar-refractivity contribution in [2.24, 2.45) is 0 Å². The van der Waals surface area contributed by atoms with Gasteiger partial charge in [0.05, 0.1) is 18.2 Å². The van der Waals surface area contributed by atoms with E-state index >= 15 is 0 Å². The molecule has 3 aromatic rings. The van der Waals surface area contributed by atoms with Crippen LogP contribution >= 0.6 is 0 Å². The highest BCUT2D eigenvalue weighted by Gasteiger charge is 2.16. The second-order valence-electron chi connectivity index (χ2n) is 9.20. The number of nitrogens with zero attached hydrogens (tertiary/aromatic N) is 1. The minimum absolute atomic E-state index is 0.115. The van der Waals surface area contributed by atoms with Crippen LogP contribution in [0.5, 0.6) is 0 Å². The number of fused-ring (bicyclic) bond motifs is 1. The smallest absolute Gasteiger partial charge is 0.407 e. The Labute approximate surface area is 197 Å². The molecule has 0 aliphatic rings. The first-order valence-corrected chi connectivity index (χ1v) is 11.1. The molecule has 1 unspecified atom stereocenters. The normalized spacial score (nSPS) is 12.4. The van der Waals surface area contributed by atoms with Crippen LogP contribution in [0.3, 0.4) is 0 Å². The van der Waals surface area contributed by atoms with Crippen molar-refractivity contribution in [2.45, 2.75) is 58.4 Å². The number of aliphatic hydroxyl groups is 1. The van der Waals surface area contributed by atoms with Crippen LogP contribution in [0.4, 0.5) is 4.79 Å². The van der Waals surface area contributed by atoms with E-state index in [4.69, 9.17) is 9.84 Å². The molecule has 0 saturated carbocycles. The van der Waals surface area contributed by atoms with Gasteiger partial charge in [0.2, 0.25) is 0 Å². The Balaban J connectivity index is 1.63. The number of aryl methyl sites for hydroxylation is 1. The Kier molecular flexibility index (Phi) is 7.73. The lowest BCUT2D eigenvalue weighted by Gasteiger charge is -2.20. The highest BCUT2D eigenvalue weighted by Crippen LogP contribution is 2.15. The van der Waals surface area contributed by atoms with E-state index in [1.165, 1.54) is 22.8 Å². The molecule has 180 valence electrons. The molecule has 0 radical (unpaired) electrons. The SMILES string of the molecule is CC(C)(C)OC(=O)NCc1ccccc1CCC(O)Cn1ccc2cc(C(=O)O)ccc2c1=O. The molecule has 8 nitrogen and oxygen atoms in total. The fraction of sp³-hybridized carbons (Fsp3) is 0.346. The molecule has 0 aliphatic carbocycles. The first-order valence-electron chi connectivity index (χ1n) is 11.1. The van der Waals surface area contributed by atoms with Gasteiger partial charge in [0.15, 0.2) is 0 Å². The van der Waals surface area contributed by atoms with Gasteiger partial charge in [-0.3, -0.25) is 4.79 Å². The molecule has 3 N–H and O–H groups in total. The van der Waals surface area contributed by atoms with Crippen LogP contribution in [0.15, 0.2) is 59.5 Å². The van der Waals surface area contributed by atoms with E-state index in [0.717, 1.165) is 11.1 Å². The summed E-state index contributed by atoms with van der Waals surface area (Å²) in [4.78, 5) is 35.9. The summed E-state index contributed by atoms with van der Waals surface area (Å²) >= 11 is 0. The van der Waals surface area contributed by atoms with Gasteiger partial charge in [-0.2, -0.15) is 0 Å². The molecule has 0 saturated heterocycles. The summed E-state index contributed by atoms with van der Waals surface area (Å²) in [5.74, 6) is -1.05. The molecule has 0 bridgehead atoms. The number of alkyl carbamates (subject to hydrolysis) is 1. The van der Waals surface area contributed by atoms with Gasteiger partial charge in [0.25, 0.3) is 5.56 Å². The molecular weight excluding hydrogens is 436 g/mol. The number of pyridine rings is 1. The molecular formula is C26H30N2O6. The number of hydrogen-bond donors (Lipinski definition) is 3. The number of aromatic nitrogens is 1. The fourth-order valence-electron chi connectivity index (χ4n) is 3.66. The van der Waals surface area contributed by atoms with Crippen LogP contribution in [-0.2, 0) is 24.2 Å². The summed E-state index contributed by atoms with van der Waals surface area (Å²) in [6, 6.07) is 13.7. The van der Waals surface area contributed by atoms with E-state index in [1.54, 1.807) is 33.0 Å². The molecule has 0 aliphatic heterocycles. The van der Waals surface area contributed by atoms with E-state index in [2.05, 4.69) is 5.32 Å². The third kappa shape index (κ3) is 6.68. The van der Waals surface area contributed by atoms with Gasteiger partial charge >= 0.3 is 12.1 Å². The summed E-state index contributed by atoms with van der Waals surface area (Å²) < 4.78 is 6.71. The number of carbonyl (C=O) groups excluding carboxylic acids is 1. The largest absolute Gasteiger partial charge is 0.478 e. The summed E-state index contributed by atoms with van der Waals surface area (Å²) in [5, 5.41) is 23.4. The Morgan fingerprint density at radius 3 is 2.47 bits per heavy atom. The quantitative estimate of drug-likeness (QED) is 0.466. The van der Waals surface area contributed by atoms with Crippen molar-refractivity contribution in [3.8, 4) is 0 Å². The van der Waals surface area contributed by atoms with Gasteiger partial charge in [-0.25, -0.2) is 9.59 Å². The summed E-state index contributed by atoms with van der Waals surface area (Å²) in [7, 11) is 0. The zero-order valence-corrected chi connectivity index (χ0v) is 19.6. The van der Waals surface area contributed by atoms with Crippen LogP contribution in [0.1, 0.15) is 48.7 Å². The molecule has 1 atom stereocenters. The molecule has 1 heterocycles. The Bertz CT molecular complexity index is 1240. The van der Waals surface area contributed by atoms with Crippen molar-refractivity contribution in [1.29, 1.82) is 0 Å². The highest BCUT2D eigenvalue weighted by atomic mass is 16.6. The van der Waals surface area contributed by atoms with E-state index < -0.39 is 23.8 Å². The van der Waals surface area contributed by atoms with E-state index in [9.17, 15) is 19.5 Å². The van der Waals surface area contributed by atoms with Crippen molar-refractivity contribution in [3.63, 3.8) is 0 Å². The van der Waals surface area contributed by atoms with E-state index in [1.807, 2.05) is 24.3 Å². The average Bonchev–Trinajstić information content (AvgIpc) is 2.77. The molecule has 1 amide bonds. The maximum Gasteiger partial charge on any atom is 0.407 e. The molecule has 0 fully saturated rings. The number of benzene rings is 2. The Morgan fingerprint density at radius 1 is 1.09 bits per heavy atom. The topological polar surface area (TPSA) is 118 Å². The maximum atomic E-state index is 12.8. The Morgan fingerprint density at radius 2 is 1.79 bits per heavy atom. The molecule has 8 heteroatoms. The lowest BCUT2D eigenvalue weighted by molar-refractivity contribution is 0.0522. The fourth-order valence-corrected chi connectivity index (χ4v) is 3.66. The van der Waals surface area contributed by atoms with Gasteiger partial charge in [0, 0.05) is 18.1 Å². The van der Waals surface area contributed by atoms with Gasteiger partial charge < -0.3 is 24.8 Å². The zero-order valence-electron chi connectivity index (χ0n) is 19.6. The summed E-state index contributed by atoms with van der Waals surface area (Å²) in [6.07, 6.45) is 1.30. The second-order valence-corrected chi connectivity index (χ2v) is 9.20. The number of ether oxygens (including phenoxy) is 1. The zero-order chi connectivity index (χ0) is 24.9. The first-order chi connectivity index (χ1) is 16.0. The second kappa shape index (κ2) is 10.5. The average molecular weight is 467 g/mol. The lowest BCUT2D eigenvalue weighted by atomic mass is 10.0. The third-order valence-electron chi connectivity index (χ3n) is 5.32. The number of nitrogens with one attached hydrogen (secondary N) is 1. The number of aromatic carboxylic acids is 1. The number of hydrogen-bond acceptors (Lipinski definition) is 5. The van der Waals surface area contributed by atoms with Crippen molar-refractivity contribution < 1.29 is 24.5 Å². The highest BCUT2D eigenvalue weighted by molar-refractivity contribution is 5.94. The molecule has 3 rings (SSSR count). The van der Waals surface area contributed by atoms with Gasteiger partial charge in [0.1, 0.15) is 5.60 Å². The number of amides is 1. The van der Waals surface area contributed by atoms with E-state index in [-0.39, 0.29) is 17.7 Å². The van der Waals surface area contributed by atoms with Crippen LogP contribution in [0.25, 0.3) is 10.8 Å². The first kappa shape index (κ1) is 25.0. The molecule has 2 aromatic carbocycles. The molecule has 34 heavy (non-hydrogen) atoms. The number of carboxylic acids is 1. The predicted molar refractivity (Wildman–Crippen MR) is 129 cm³/mol. The molecule has 0 spiro atoms. The lowest BCUT2D eigenvalue weighted by Crippen LogP contribution is -2.32. The number of carboxylic acid groups (broad SMARTS) is 1. The standard InChI is InChI=1S/C26H30N2O6/c1-26(2,3)34-25(33)27-15-20-7-5-4-6-17(20)8-10-21(29)16-28-13-12-18-14-19(24(31)32)9-11-22(18)23(28)30/h4-7,9,11-14,21,29H,8,10,15-16H2,1-3H3,(H,27,33)(H,31,32). The Hall–Kier alpha value is -3.65. The van der Waals surface area contributed by atoms with Crippen molar-refractivity contribution in [3.05, 3.63) is 81.8 Å². The van der Waals surface area contributed by atoms with Crippen molar-refractivity contribution in [2.75, 3.05) is 0 Å². The van der Waals surface area contributed by atoms with Crippen LogP contribution in [0, 0.1) is 0 Å². The number of aliphatic hydroxyl groups excluding tert-OH is 1.